The third-order valence-corrected chi connectivity index (χ3v) is 3.98. The number of rotatable bonds is 7. The third-order valence-electron chi connectivity index (χ3n) is 3.98. The maximum atomic E-state index is 3.53. The predicted molar refractivity (Wildman–Crippen MR) is 71.8 cm³/mol. The van der Waals surface area contributed by atoms with Crippen molar-refractivity contribution in [2.24, 2.45) is 5.92 Å². The molecule has 2 atom stereocenters. The first kappa shape index (κ1) is 14.0. The summed E-state index contributed by atoms with van der Waals surface area (Å²) in [5.41, 5.74) is 0. The number of likely N-dealkylation sites (N-methyl/N-ethyl adjacent to an activating group) is 1. The Kier molecular flexibility index (Phi) is 7.06. The Morgan fingerprint density at radius 1 is 1.19 bits per heavy atom. The second-order valence-electron chi connectivity index (χ2n) is 5.41. The zero-order valence-electron chi connectivity index (χ0n) is 11.5. The first-order chi connectivity index (χ1) is 7.75. The van der Waals surface area contributed by atoms with Crippen LogP contribution in [-0.2, 0) is 0 Å². The highest BCUT2D eigenvalue weighted by molar-refractivity contribution is 4.79. The summed E-state index contributed by atoms with van der Waals surface area (Å²) in [6.07, 6.45) is 8.32. The SMILES string of the molecule is CCCCNCCN(C)C1CCCCC1C. The van der Waals surface area contributed by atoms with Crippen molar-refractivity contribution in [3.8, 4) is 0 Å². The van der Waals surface area contributed by atoms with E-state index in [0.717, 1.165) is 18.5 Å². The minimum absolute atomic E-state index is 0.835. The Labute approximate surface area is 102 Å². The molecular weight excluding hydrogens is 196 g/mol. The van der Waals surface area contributed by atoms with Crippen molar-refractivity contribution in [1.29, 1.82) is 0 Å². The van der Waals surface area contributed by atoms with E-state index < -0.39 is 0 Å². The van der Waals surface area contributed by atoms with Crippen LogP contribution in [0.2, 0.25) is 0 Å². The van der Waals surface area contributed by atoms with E-state index >= 15 is 0 Å². The Morgan fingerprint density at radius 3 is 2.62 bits per heavy atom. The van der Waals surface area contributed by atoms with E-state index in [0.29, 0.717) is 0 Å². The Morgan fingerprint density at radius 2 is 1.94 bits per heavy atom. The van der Waals surface area contributed by atoms with Gasteiger partial charge in [0, 0.05) is 19.1 Å². The largest absolute Gasteiger partial charge is 0.315 e. The molecule has 0 heterocycles. The van der Waals surface area contributed by atoms with Crippen LogP contribution in [0.5, 0.6) is 0 Å². The van der Waals surface area contributed by atoms with E-state index in [9.17, 15) is 0 Å². The fourth-order valence-electron chi connectivity index (χ4n) is 2.80. The number of nitrogens with zero attached hydrogens (tertiary/aromatic N) is 1. The summed E-state index contributed by atoms with van der Waals surface area (Å²) in [6.45, 7) is 8.21. The van der Waals surface area contributed by atoms with Crippen LogP contribution in [0.1, 0.15) is 52.4 Å². The van der Waals surface area contributed by atoms with E-state index in [1.807, 2.05) is 0 Å². The van der Waals surface area contributed by atoms with Crippen molar-refractivity contribution < 1.29 is 0 Å². The van der Waals surface area contributed by atoms with Crippen LogP contribution in [0, 0.1) is 5.92 Å². The van der Waals surface area contributed by atoms with Crippen molar-refractivity contribution in [2.75, 3.05) is 26.7 Å². The molecule has 0 aliphatic heterocycles. The molecule has 0 aromatic rings. The molecule has 16 heavy (non-hydrogen) atoms. The minimum atomic E-state index is 0.835. The van der Waals surface area contributed by atoms with Crippen LogP contribution in [0.4, 0.5) is 0 Å². The van der Waals surface area contributed by atoms with Crippen LogP contribution in [0.15, 0.2) is 0 Å². The molecule has 0 aromatic carbocycles. The van der Waals surface area contributed by atoms with Crippen LogP contribution in [0.3, 0.4) is 0 Å². The molecule has 96 valence electrons. The summed E-state index contributed by atoms with van der Waals surface area (Å²) >= 11 is 0. The zero-order valence-corrected chi connectivity index (χ0v) is 11.5. The lowest BCUT2D eigenvalue weighted by atomic mass is 9.85. The fraction of sp³-hybridized carbons (Fsp3) is 1.00. The summed E-state index contributed by atoms with van der Waals surface area (Å²) in [7, 11) is 2.30. The summed E-state index contributed by atoms with van der Waals surface area (Å²) in [5, 5.41) is 3.53. The van der Waals surface area contributed by atoms with Crippen molar-refractivity contribution in [3.05, 3.63) is 0 Å². The van der Waals surface area contributed by atoms with Gasteiger partial charge in [-0.3, -0.25) is 0 Å². The standard InChI is InChI=1S/C14H30N2/c1-4-5-10-15-11-12-16(3)14-9-7-6-8-13(14)2/h13-15H,4-12H2,1-3H3. The monoisotopic (exact) mass is 226 g/mol. The second-order valence-corrected chi connectivity index (χ2v) is 5.41. The molecule has 0 saturated heterocycles. The van der Waals surface area contributed by atoms with Gasteiger partial charge in [-0.1, -0.05) is 33.1 Å². The molecule has 2 unspecified atom stereocenters. The van der Waals surface area contributed by atoms with Crippen LogP contribution < -0.4 is 5.32 Å². The summed E-state index contributed by atoms with van der Waals surface area (Å²) in [4.78, 5) is 2.57. The lowest BCUT2D eigenvalue weighted by molar-refractivity contribution is 0.140. The smallest absolute Gasteiger partial charge is 0.0118 e. The molecule has 1 aliphatic rings. The summed E-state index contributed by atoms with van der Waals surface area (Å²) in [5.74, 6) is 0.898. The Balaban J connectivity index is 2.10. The maximum absolute atomic E-state index is 3.53. The Bertz CT molecular complexity index is 170. The average molecular weight is 226 g/mol. The van der Waals surface area contributed by atoms with Gasteiger partial charge in [-0.15, -0.1) is 0 Å². The topological polar surface area (TPSA) is 15.3 Å². The van der Waals surface area contributed by atoms with E-state index in [-0.39, 0.29) is 0 Å². The molecule has 0 spiro atoms. The van der Waals surface area contributed by atoms with Gasteiger partial charge in [0.25, 0.3) is 0 Å². The van der Waals surface area contributed by atoms with Crippen LogP contribution >= 0.6 is 0 Å². The van der Waals surface area contributed by atoms with Gasteiger partial charge in [0.05, 0.1) is 0 Å². The van der Waals surface area contributed by atoms with Crippen molar-refractivity contribution in [2.45, 2.75) is 58.4 Å². The molecule has 0 amide bonds. The van der Waals surface area contributed by atoms with Crippen molar-refractivity contribution >= 4 is 0 Å². The number of hydrogen-bond acceptors (Lipinski definition) is 2. The van der Waals surface area contributed by atoms with Gasteiger partial charge in [0.1, 0.15) is 0 Å². The van der Waals surface area contributed by atoms with Crippen LogP contribution in [-0.4, -0.2) is 37.6 Å². The lowest BCUT2D eigenvalue weighted by Gasteiger charge is -2.36. The highest BCUT2D eigenvalue weighted by Crippen LogP contribution is 2.26. The molecule has 1 fully saturated rings. The first-order valence-electron chi connectivity index (χ1n) is 7.16. The van der Waals surface area contributed by atoms with Crippen LogP contribution in [0.25, 0.3) is 0 Å². The average Bonchev–Trinajstić information content (AvgIpc) is 2.29. The van der Waals surface area contributed by atoms with Gasteiger partial charge in [-0.2, -0.15) is 0 Å². The maximum Gasteiger partial charge on any atom is 0.0118 e. The molecule has 0 aromatic heterocycles. The highest BCUT2D eigenvalue weighted by Gasteiger charge is 2.24. The van der Waals surface area contributed by atoms with Gasteiger partial charge in [-0.05, 0) is 38.8 Å². The number of unbranched alkanes of at least 4 members (excludes halogenated alkanes) is 1. The molecule has 1 saturated carbocycles. The fourth-order valence-corrected chi connectivity index (χ4v) is 2.80. The zero-order chi connectivity index (χ0) is 11.8. The van der Waals surface area contributed by atoms with Gasteiger partial charge >= 0.3 is 0 Å². The highest BCUT2D eigenvalue weighted by atomic mass is 15.1. The molecule has 1 rings (SSSR count). The predicted octanol–water partition coefficient (Wildman–Crippen LogP) is 2.89. The summed E-state index contributed by atoms with van der Waals surface area (Å²) < 4.78 is 0. The second kappa shape index (κ2) is 8.08. The molecule has 0 bridgehead atoms. The third kappa shape index (κ3) is 4.84. The van der Waals surface area contributed by atoms with E-state index in [4.69, 9.17) is 0 Å². The van der Waals surface area contributed by atoms with Crippen molar-refractivity contribution in [3.63, 3.8) is 0 Å². The van der Waals surface area contributed by atoms with Gasteiger partial charge in [-0.25, -0.2) is 0 Å². The van der Waals surface area contributed by atoms with Crippen molar-refractivity contribution in [1.82, 2.24) is 10.2 Å². The van der Waals surface area contributed by atoms with Gasteiger partial charge in [0.2, 0.25) is 0 Å². The van der Waals surface area contributed by atoms with Gasteiger partial charge < -0.3 is 10.2 Å². The number of hydrogen-bond donors (Lipinski definition) is 1. The molecule has 1 aliphatic carbocycles. The van der Waals surface area contributed by atoms with E-state index in [2.05, 4.69) is 31.1 Å². The molecule has 1 N–H and O–H groups in total. The molecule has 2 nitrogen and oxygen atoms in total. The van der Waals surface area contributed by atoms with E-state index in [1.54, 1.807) is 0 Å². The molecule has 2 heteroatoms. The summed E-state index contributed by atoms with van der Waals surface area (Å²) in [6, 6.07) is 0.835. The normalized spacial score (nSPS) is 26.2. The Hall–Kier alpha value is -0.0800. The molecular formula is C14H30N2. The number of nitrogens with one attached hydrogen (secondary N) is 1. The van der Waals surface area contributed by atoms with Gasteiger partial charge in [0.15, 0.2) is 0 Å². The lowest BCUT2D eigenvalue weighted by Crippen LogP contribution is -2.42. The first-order valence-corrected chi connectivity index (χ1v) is 7.16. The quantitative estimate of drug-likeness (QED) is 0.672. The van der Waals surface area contributed by atoms with E-state index in [1.165, 1.54) is 51.6 Å². The minimum Gasteiger partial charge on any atom is -0.315 e. The molecule has 0 radical (unpaired) electrons.